The van der Waals surface area contributed by atoms with E-state index in [0.29, 0.717) is 32.4 Å². The second-order valence-corrected chi connectivity index (χ2v) is 5.08. The summed E-state index contributed by atoms with van der Waals surface area (Å²) in [6, 6.07) is 0.480. The van der Waals surface area contributed by atoms with Gasteiger partial charge < -0.3 is 25.4 Å². The molecule has 0 bridgehead atoms. The molecule has 3 N–H and O–H groups in total. The van der Waals surface area contributed by atoms with Gasteiger partial charge in [-0.2, -0.15) is 0 Å². The van der Waals surface area contributed by atoms with Gasteiger partial charge in [0.25, 0.3) is 0 Å². The Morgan fingerprint density at radius 2 is 1.71 bits per heavy atom. The van der Waals surface area contributed by atoms with Crippen molar-refractivity contribution in [1.82, 2.24) is 16.0 Å². The van der Waals surface area contributed by atoms with Crippen LogP contribution in [0.5, 0.6) is 0 Å². The molecule has 0 aromatic carbocycles. The van der Waals surface area contributed by atoms with Gasteiger partial charge in [-0.05, 0) is 0 Å². The Balaban J connectivity index is 3.13. The van der Waals surface area contributed by atoms with Crippen LogP contribution >= 0.6 is 0 Å². The number of amides is 1. The van der Waals surface area contributed by atoms with E-state index in [4.69, 9.17) is 9.47 Å². The smallest absolute Gasteiger partial charge is 0.216 e. The molecule has 7 heteroatoms. The molecule has 0 aromatic rings. The van der Waals surface area contributed by atoms with Crippen LogP contribution in [0.3, 0.4) is 0 Å². The Labute approximate surface area is 127 Å². The van der Waals surface area contributed by atoms with E-state index in [-0.39, 0.29) is 19.1 Å². The molecule has 0 aromatic heterocycles. The van der Waals surface area contributed by atoms with E-state index in [0.717, 1.165) is 13.1 Å². The van der Waals surface area contributed by atoms with E-state index >= 15 is 0 Å². The Kier molecular flexibility index (Phi) is 13.7. The Morgan fingerprint density at radius 3 is 2.33 bits per heavy atom. The fraction of sp³-hybridized carbons (Fsp3) is 0.929. The summed E-state index contributed by atoms with van der Waals surface area (Å²) >= 11 is 0. The Hall–Kier alpha value is -0.760. The van der Waals surface area contributed by atoms with Crippen molar-refractivity contribution < 1.29 is 18.7 Å². The largest absolute Gasteiger partial charge is 0.379 e. The van der Waals surface area contributed by atoms with Crippen molar-refractivity contribution in [1.29, 1.82) is 0 Å². The van der Waals surface area contributed by atoms with Crippen LogP contribution in [-0.2, 0) is 14.3 Å². The summed E-state index contributed by atoms with van der Waals surface area (Å²) in [6.45, 7) is 9.59. The van der Waals surface area contributed by atoms with E-state index in [9.17, 15) is 9.18 Å². The average molecular weight is 307 g/mol. The van der Waals surface area contributed by atoms with Gasteiger partial charge in [0.15, 0.2) is 0 Å². The monoisotopic (exact) mass is 307 g/mol. The van der Waals surface area contributed by atoms with Gasteiger partial charge in [0.2, 0.25) is 5.91 Å². The molecule has 0 rings (SSSR count). The van der Waals surface area contributed by atoms with Crippen LogP contribution in [0, 0.1) is 0 Å². The van der Waals surface area contributed by atoms with Gasteiger partial charge in [0, 0.05) is 32.6 Å². The highest BCUT2D eigenvalue weighted by molar-refractivity contribution is 5.72. The van der Waals surface area contributed by atoms with E-state index in [1.54, 1.807) is 0 Å². The summed E-state index contributed by atoms with van der Waals surface area (Å²) in [5.41, 5.74) is 0. The number of hydrogen-bond acceptors (Lipinski definition) is 5. The predicted octanol–water partition coefficient (Wildman–Crippen LogP) is 0.0814. The molecule has 0 radical (unpaired) electrons. The number of ether oxygens (including phenoxy) is 2. The molecule has 0 heterocycles. The summed E-state index contributed by atoms with van der Waals surface area (Å²) in [6.07, 6.45) is -1.16. The number of carbonyl (C=O) groups excluding carboxylic acids is 1. The fourth-order valence-corrected chi connectivity index (χ4v) is 1.46. The standard InChI is InChI=1S/C14H30FN3O3/c1-12(2)17-6-9-20-7-4-16-5-8-21-11-14(15)10-18-13(3)19/h12,14,16-17H,4-11H2,1-3H3,(H,18,19). The molecule has 0 saturated heterocycles. The first kappa shape index (κ1) is 20.2. The molecule has 0 aliphatic carbocycles. The topological polar surface area (TPSA) is 71.6 Å². The minimum atomic E-state index is -1.16. The van der Waals surface area contributed by atoms with Gasteiger partial charge in [-0.1, -0.05) is 13.8 Å². The summed E-state index contributed by atoms with van der Waals surface area (Å²) in [4.78, 5) is 10.6. The second kappa shape index (κ2) is 14.2. The van der Waals surface area contributed by atoms with Crippen molar-refractivity contribution in [3.8, 4) is 0 Å². The lowest BCUT2D eigenvalue weighted by Gasteiger charge is -2.11. The van der Waals surface area contributed by atoms with E-state index in [1.807, 2.05) is 0 Å². The van der Waals surface area contributed by atoms with Crippen LogP contribution < -0.4 is 16.0 Å². The van der Waals surface area contributed by atoms with Crippen molar-refractivity contribution in [2.24, 2.45) is 0 Å². The number of hydrogen-bond donors (Lipinski definition) is 3. The molecule has 0 aliphatic heterocycles. The third-order valence-electron chi connectivity index (χ3n) is 2.52. The van der Waals surface area contributed by atoms with Crippen LogP contribution in [0.1, 0.15) is 20.8 Å². The minimum Gasteiger partial charge on any atom is -0.379 e. The molecule has 0 fully saturated rings. The van der Waals surface area contributed by atoms with E-state index < -0.39 is 6.17 Å². The molecule has 1 atom stereocenters. The van der Waals surface area contributed by atoms with Crippen LogP contribution in [0.4, 0.5) is 4.39 Å². The van der Waals surface area contributed by atoms with Crippen molar-refractivity contribution in [3.05, 3.63) is 0 Å². The second-order valence-electron chi connectivity index (χ2n) is 5.08. The number of alkyl halides is 1. The maximum absolute atomic E-state index is 13.2. The van der Waals surface area contributed by atoms with Crippen LogP contribution in [0.2, 0.25) is 0 Å². The highest BCUT2D eigenvalue weighted by atomic mass is 19.1. The van der Waals surface area contributed by atoms with Crippen LogP contribution in [0.25, 0.3) is 0 Å². The molecule has 1 unspecified atom stereocenters. The molecular weight excluding hydrogens is 277 g/mol. The number of nitrogens with one attached hydrogen (secondary N) is 3. The zero-order valence-corrected chi connectivity index (χ0v) is 13.4. The molecule has 0 aliphatic rings. The average Bonchev–Trinajstić information content (AvgIpc) is 2.42. The first-order chi connectivity index (χ1) is 10.0. The van der Waals surface area contributed by atoms with Crippen LogP contribution in [0.15, 0.2) is 0 Å². The van der Waals surface area contributed by atoms with Crippen molar-refractivity contribution in [3.63, 3.8) is 0 Å². The highest BCUT2D eigenvalue weighted by Crippen LogP contribution is 1.90. The first-order valence-electron chi connectivity index (χ1n) is 7.50. The lowest BCUT2D eigenvalue weighted by atomic mass is 10.4. The fourth-order valence-electron chi connectivity index (χ4n) is 1.46. The van der Waals surface area contributed by atoms with Gasteiger partial charge in [0.05, 0.1) is 33.0 Å². The van der Waals surface area contributed by atoms with Gasteiger partial charge in [0.1, 0.15) is 6.17 Å². The molecule has 6 nitrogen and oxygen atoms in total. The maximum Gasteiger partial charge on any atom is 0.216 e. The van der Waals surface area contributed by atoms with E-state index in [2.05, 4.69) is 29.8 Å². The Morgan fingerprint density at radius 1 is 1.10 bits per heavy atom. The number of halogens is 1. The van der Waals surface area contributed by atoms with Crippen molar-refractivity contribution in [2.45, 2.75) is 33.0 Å². The summed E-state index contributed by atoms with van der Waals surface area (Å²) in [7, 11) is 0. The molecule has 1 amide bonds. The summed E-state index contributed by atoms with van der Waals surface area (Å²) in [5, 5.41) is 8.82. The highest BCUT2D eigenvalue weighted by Gasteiger charge is 2.06. The first-order valence-corrected chi connectivity index (χ1v) is 7.50. The third kappa shape index (κ3) is 17.2. The maximum atomic E-state index is 13.2. The van der Waals surface area contributed by atoms with Gasteiger partial charge >= 0.3 is 0 Å². The molecule has 0 saturated carbocycles. The normalized spacial score (nSPS) is 12.6. The molecular formula is C14H30FN3O3. The summed E-state index contributed by atoms with van der Waals surface area (Å²) < 4.78 is 23.8. The third-order valence-corrected chi connectivity index (χ3v) is 2.52. The number of carbonyl (C=O) groups is 1. The van der Waals surface area contributed by atoms with Gasteiger partial charge in [-0.3, -0.25) is 4.79 Å². The minimum absolute atomic E-state index is 0.000663. The van der Waals surface area contributed by atoms with E-state index in [1.165, 1.54) is 6.92 Å². The predicted molar refractivity (Wildman–Crippen MR) is 81.2 cm³/mol. The lowest BCUT2D eigenvalue weighted by Crippen LogP contribution is -2.32. The zero-order chi connectivity index (χ0) is 15.9. The van der Waals surface area contributed by atoms with Gasteiger partial charge in [-0.25, -0.2) is 4.39 Å². The van der Waals surface area contributed by atoms with Crippen molar-refractivity contribution in [2.75, 3.05) is 52.6 Å². The quantitative estimate of drug-likeness (QED) is 0.397. The van der Waals surface area contributed by atoms with Gasteiger partial charge in [-0.15, -0.1) is 0 Å². The SMILES string of the molecule is CC(=O)NCC(F)COCCNCCOCCNC(C)C. The lowest BCUT2D eigenvalue weighted by molar-refractivity contribution is -0.119. The van der Waals surface area contributed by atoms with Crippen LogP contribution in [-0.4, -0.2) is 70.7 Å². The number of rotatable bonds is 14. The molecule has 0 spiro atoms. The molecule has 21 heavy (non-hydrogen) atoms. The zero-order valence-electron chi connectivity index (χ0n) is 13.4. The Bertz CT molecular complexity index is 256. The van der Waals surface area contributed by atoms with Crippen molar-refractivity contribution >= 4 is 5.91 Å². The molecule has 126 valence electrons. The summed E-state index contributed by atoms with van der Waals surface area (Å²) in [5.74, 6) is -0.233.